The molecule has 30 heavy (non-hydrogen) atoms. The highest BCUT2D eigenvalue weighted by Gasteiger charge is 2.17. The largest absolute Gasteiger partial charge is 0.465 e. The molecule has 0 saturated heterocycles. The minimum atomic E-state index is -0.425. The molecule has 4 aromatic rings. The summed E-state index contributed by atoms with van der Waals surface area (Å²) in [6, 6.07) is 7.08. The van der Waals surface area contributed by atoms with Crippen molar-refractivity contribution in [2.24, 2.45) is 0 Å². The van der Waals surface area contributed by atoms with Crippen LogP contribution in [0.3, 0.4) is 0 Å². The number of nitrogens with zero attached hydrogens (tertiary/aromatic N) is 4. The molecule has 1 aromatic carbocycles. The van der Waals surface area contributed by atoms with Gasteiger partial charge in [0, 0.05) is 22.8 Å². The fraction of sp³-hybridized carbons (Fsp3) is 0.286. The summed E-state index contributed by atoms with van der Waals surface area (Å²) >= 11 is 6.03. The molecule has 0 unspecified atom stereocenters. The lowest BCUT2D eigenvalue weighted by Crippen LogP contribution is -2.27. The van der Waals surface area contributed by atoms with Crippen LogP contribution in [0.5, 0.6) is 0 Å². The van der Waals surface area contributed by atoms with Gasteiger partial charge >= 0.3 is 5.97 Å². The summed E-state index contributed by atoms with van der Waals surface area (Å²) in [5.41, 5.74) is 1.01. The molecule has 0 saturated carbocycles. The fourth-order valence-corrected chi connectivity index (χ4v) is 3.29. The van der Waals surface area contributed by atoms with Crippen molar-refractivity contribution in [2.45, 2.75) is 32.7 Å². The normalized spacial score (nSPS) is 11.3. The number of rotatable bonds is 7. The Balaban J connectivity index is 1.69. The average molecular weight is 427 g/mol. The molecule has 4 rings (SSSR count). The molecule has 0 atom stereocenters. The van der Waals surface area contributed by atoms with Gasteiger partial charge in [0.15, 0.2) is 5.52 Å². The molecule has 0 fully saturated rings. The van der Waals surface area contributed by atoms with Gasteiger partial charge in [-0.05, 0) is 30.7 Å². The lowest BCUT2D eigenvalue weighted by atomic mass is 10.2. The van der Waals surface area contributed by atoms with Gasteiger partial charge in [-0.15, -0.1) is 0 Å². The fourth-order valence-electron chi connectivity index (χ4n) is 3.11. The number of ether oxygens (including phenoxy) is 1. The van der Waals surface area contributed by atoms with E-state index in [0.717, 1.165) is 18.2 Å². The van der Waals surface area contributed by atoms with Gasteiger partial charge in [-0.25, -0.2) is 9.67 Å². The first-order chi connectivity index (χ1) is 14.5. The Bertz CT molecular complexity index is 1280. The predicted molar refractivity (Wildman–Crippen MR) is 111 cm³/mol. The molecule has 3 heterocycles. The first-order valence-corrected chi connectivity index (χ1v) is 9.97. The first kappa shape index (κ1) is 20.0. The minimum absolute atomic E-state index is 0.0789. The smallest absolute Gasteiger partial charge is 0.312 e. The number of esters is 1. The number of benzene rings is 1. The van der Waals surface area contributed by atoms with E-state index in [9.17, 15) is 9.59 Å². The van der Waals surface area contributed by atoms with Crippen molar-refractivity contribution in [3.05, 3.63) is 63.5 Å². The molecule has 9 heteroatoms. The van der Waals surface area contributed by atoms with Gasteiger partial charge in [0.1, 0.15) is 29.1 Å². The quantitative estimate of drug-likeness (QED) is 0.329. The van der Waals surface area contributed by atoms with E-state index in [-0.39, 0.29) is 18.5 Å². The Kier molecular flexibility index (Phi) is 5.76. The molecule has 8 nitrogen and oxygen atoms in total. The van der Waals surface area contributed by atoms with E-state index >= 15 is 0 Å². The lowest BCUT2D eigenvalue weighted by molar-refractivity contribution is -0.143. The number of carbonyl (C=O) groups excluding carboxylic acids is 1. The Morgan fingerprint density at radius 3 is 2.80 bits per heavy atom. The third kappa shape index (κ3) is 4.18. The maximum absolute atomic E-state index is 12.9. The highest BCUT2D eigenvalue weighted by molar-refractivity contribution is 6.31. The molecule has 0 spiro atoms. The van der Waals surface area contributed by atoms with Crippen molar-refractivity contribution in [3.8, 4) is 0 Å². The first-order valence-electron chi connectivity index (χ1n) is 9.59. The maximum Gasteiger partial charge on any atom is 0.312 e. The van der Waals surface area contributed by atoms with Gasteiger partial charge in [-0.3, -0.25) is 14.6 Å². The summed E-state index contributed by atoms with van der Waals surface area (Å²) in [6.07, 6.45) is 4.50. The summed E-state index contributed by atoms with van der Waals surface area (Å²) in [5, 5.41) is 5.78. The molecule has 0 bridgehead atoms. The van der Waals surface area contributed by atoms with Crippen LogP contribution in [0.2, 0.25) is 5.02 Å². The van der Waals surface area contributed by atoms with E-state index in [2.05, 4.69) is 15.1 Å². The van der Waals surface area contributed by atoms with Crippen LogP contribution in [-0.2, 0) is 22.5 Å². The van der Waals surface area contributed by atoms with Crippen molar-refractivity contribution >= 4 is 39.6 Å². The maximum atomic E-state index is 12.9. The summed E-state index contributed by atoms with van der Waals surface area (Å²) in [6.45, 7) is 2.44. The summed E-state index contributed by atoms with van der Waals surface area (Å²) in [7, 11) is 0. The lowest BCUT2D eigenvalue weighted by Gasteiger charge is -2.09. The van der Waals surface area contributed by atoms with Gasteiger partial charge < -0.3 is 9.15 Å². The van der Waals surface area contributed by atoms with Gasteiger partial charge in [0.2, 0.25) is 0 Å². The number of halogens is 1. The van der Waals surface area contributed by atoms with E-state index in [1.165, 1.54) is 17.1 Å². The summed E-state index contributed by atoms with van der Waals surface area (Å²) < 4.78 is 12.3. The monoisotopic (exact) mass is 426 g/mol. The number of hydrogen-bond donors (Lipinski definition) is 0. The second-order valence-corrected chi connectivity index (χ2v) is 7.25. The van der Waals surface area contributed by atoms with Crippen LogP contribution >= 0.6 is 11.6 Å². The van der Waals surface area contributed by atoms with Gasteiger partial charge in [0.05, 0.1) is 13.0 Å². The number of carbonyl (C=O) groups is 1. The van der Waals surface area contributed by atoms with Crippen LogP contribution < -0.4 is 5.56 Å². The minimum Gasteiger partial charge on any atom is -0.465 e. The van der Waals surface area contributed by atoms with Gasteiger partial charge in [-0.1, -0.05) is 24.9 Å². The van der Waals surface area contributed by atoms with Crippen LogP contribution in [0.1, 0.15) is 31.2 Å². The molecule has 0 aliphatic heterocycles. The van der Waals surface area contributed by atoms with E-state index in [1.807, 2.05) is 6.92 Å². The molecule has 0 N–H and O–H groups in total. The number of hydrogen-bond acceptors (Lipinski definition) is 7. The molecule has 0 aliphatic carbocycles. The van der Waals surface area contributed by atoms with Crippen molar-refractivity contribution in [2.75, 3.05) is 6.61 Å². The third-order valence-corrected chi connectivity index (χ3v) is 4.79. The van der Waals surface area contributed by atoms with Crippen molar-refractivity contribution in [3.63, 3.8) is 0 Å². The molecule has 154 valence electrons. The Morgan fingerprint density at radius 1 is 1.20 bits per heavy atom. The van der Waals surface area contributed by atoms with Gasteiger partial charge in [-0.2, -0.15) is 5.10 Å². The van der Waals surface area contributed by atoms with E-state index in [1.54, 1.807) is 24.3 Å². The third-order valence-electron chi connectivity index (χ3n) is 4.56. The van der Waals surface area contributed by atoms with Crippen molar-refractivity contribution in [1.82, 2.24) is 19.7 Å². The Morgan fingerprint density at radius 2 is 2.00 bits per heavy atom. The molecule has 0 amide bonds. The van der Waals surface area contributed by atoms with Crippen LogP contribution in [0, 0.1) is 0 Å². The van der Waals surface area contributed by atoms with Crippen LogP contribution in [0.15, 0.2) is 45.9 Å². The Labute approximate surface area is 176 Å². The molecular formula is C21H19ClN4O4. The second-order valence-electron chi connectivity index (χ2n) is 6.81. The highest BCUT2D eigenvalue weighted by Crippen LogP contribution is 2.23. The standard InChI is InChI=1S/C21H19ClN4O4/c1-2-3-8-29-18(27)11-16-19-20(24-7-6-23-19)21(28)26(25-16)12-15-10-13-9-14(22)4-5-17(13)30-15/h4-7,9-10H,2-3,8,11-12H2,1H3. The van der Waals surface area contributed by atoms with Crippen LogP contribution in [0.25, 0.3) is 22.0 Å². The van der Waals surface area contributed by atoms with Crippen LogP contribution in [-0.4, -0.2) is 32.3 Å². The zero-order valence-corrected chi connectivity index (χ0v) is 17.1. The Hall–Kier alpha value is -3.26. The predicted octanol–water partition coefficient (Wildman–Crippen LogP) is 3.52. The van der Waals surface area contributed by atoms with Crippen LogP contribution in [0.4, 0.5) is 0 Å². The van der Waals surface area contributed by atoms with E-state index in [0.29, 0.717) is 34.2 Å². The number of aromatic nitrogens is 4. The summed E-state index contributed by atoms with van der Waals surface area (Å²) in [4.78, 5) is 33.4. The van der Waals surface area contributed by atoms with E-state index < -0.39 is 11.5 Å². The molecule has 3 aromatic heterocycles. The number of fused-ring (bicyclic) bond motifs is 2. The number of unbranched alkanes of at least 4 members (excludes halogenated alkanes) is 1. The number of furan rings is 1. The van der Waals surface area contributed by atoms with Crippen molar-refractivity contribution in [1.29, 1.82) is 0 Å². The molecule has 0 radical (unpaired) electrons. The van der Waals surface area contributed by atoms with Gasteiger partial charge in [0.25, 0.3) is 5.56 Å². The SMILES string of the molecule is CCCCOC(=O)Cc1nn(Cc2cc3cc(Cl)ccc3o2)c(=O)c2nccnc12. The molecule has 0 aliphatic rings. The molecular weight excluding hydrogens is 408 g/mol. The zero-order chi connectivity index (χ0) is 21.1. The van der Waals surface area contributed by atoms with E-state index in [4.69, 9.17) is 20.8 Å². The average Bonchev–Trinajstić information content (AvgIpc) is 3.13. The second kappa shape index (κ2) is 8.62. The topological polar surface area (TPSA) is 100 Å². The van der Waals surface area contributed by atoms with Crippen molar-refractivity contribution < 1.29 is 13.9 Å². The zero-order valence-electron chi connectivity index (χ0n) is 16.3. The highest BCUT2D eigenvalue weighted by atomic mass is 35.5. The summed E-state index contributed by atoms with van der Waals surface area (Å²) in [5.74, 6) is 0.105.